The minimum absolute atomic E-state index is 0.0404. The lowest BCUT2D eigenvalue weighted by Crippen LogP contribution is -2.12. The molecule has 1 aliphatic rings. The maximum Gasteiger partial charge on any atom is 0.124 e. The molecule has 1 heterocycles. The van der Waals surface area contributed by atoms with E-state index in [1.165, 1.54) is 25.0 Å². The van der Waals surface area contributed by atoms with Crippen LogP contribution in [0.5, 0.6) is 0 Å². The lowest BCUT2D eigenvalue weighted by Gasteiger charge is -2.15. The number of hydrogen-bond acceptors (Lipinski definition) is 2. The highest BCUT2D eigenvalue weighted by molar-refractivity contribution is 9.10. The molecule has 0 amide bonds. The Morgan fingerprint density at radius 3 is 3.00 bits per heavy atom. The number of rotatable bonds is 5. The summed E-state index contributed by atoms with van der Waals surface area (Å²) in [6, 6.07) is 4.65. The van der Waals surface area contributed by atoms with Crippen LogP contribution in [0.2, 0.25) is 0 Å². The van der Waals surface area contributed by atoms with Gasteiger partial charge in [0.2, 0.25) is 0 Å². The molecule has 1 saturated heterocycles. The van der Waals surface area contributed by atoms with E-state index < -0.39 is 0 Å². The largest absolute Gasteiger partial charge is 0.378 e. The second kappa shape index (κ2) is 6.64. The molecule has 0 saturated carbocycles. The van der Waals surface area contributed by atoms with Gasteiger partial charge in [-0.05, 0) is 49.8 Å². The fraction of sp³-hybridized carbons (Fsp3) is 0.571. The first-order valence-electron chi connectivity index (χ1n) is 6.49. The Labute approximate surface area is 116 Å². The smallest absolute Gasteiger partial charge is 0.124 e. The standard InChI is InChI=1S/C14H19BrFNO/c15-13-9-10(16)6-7-12(13)14(17)5-1-3-11-4-2-8-18-11/h6-7,9,11,14H,1-5,8,17H2. The molecule has 0 spiro atoms. The fourth-order valence-corrected chi connectivity index (χ4v) is 3.04. The molecule has 1 fully saturated rings. The van der Waals surface area contributed by atoms with Gasteiger partial charge in [0.1, 0.15) is 5.82 Å². The van der Waals surface area contributed by atoms with E-state index in [1.807, 2.05) is 0 Å². The normalized spacial score (nSPS) is 21.2. The van der Waals surface area contributed by atoms with Crippen molar-refractivity contribution in [3.8, 4) is 0 Å². The first-order chi connectivity index (χ1) is 8.66. The molecule has 0 radical (unpaired) electrons. The van der Waals surface area contributed by atoms with Gasteiger partial charge in [-0.2, -0.15) is 0 Å². The van der Waals surface area contributed by atoms with Crippen molar-refractivity contribution in [3.05, 3.63) is 34.1 Å². The van der Waals surface area contributed by atoms with Crippen LogP contribution < -0.4 is 5.73 Å². The summed E-state index contributed by atoms with van der Waals surface area (Å²) in [6.07, 6.45) is 5.82. The Morgan fingerprint density at radius 2 is 2.33 bits per heavy atom. The zero-order chi connectivity index (χ0) is 13.0. The minimum atomic E-state index is -0.239. The van der Waals surface area contributed by atoms with Crippen molar-refractivity contribution >= 4 is 15.9 Å². The minimum Gasteiger partial charge on any atom is -0.378 e. The van der Waals surface area contributed by atoms with Gasteiger partial charge in [0.05, 0.1) is 6.10 Å². The van der Waals surface area contributed by atoms with E-state index in [4.69, 9.17) is 10.5 Å². The van der Waals surface area contributed by atoms with Gasteiger partial charge in [-0.1, -0.05) is 22.0 Å². The molecule has 1 aliphatic heterocycles. The summed E-state index contributed by atoms with van der Waals surface area (Å²) in [5.41, 5.74) is 7.11. The third-order valence-electron chi connectivity index (χ3n) is 3.43. The van der Waals surface area contributed by atoms with Crippen LogP contribution in [0.25, 0.3) is 0 Å². The molecule has 1 aromatic rings. The first kappa shape index (κ1) is 14.0. The van der Waals surface area contributed by atoms with Gasteiger partial charge < -0.3 is 10.5 Å². The second-order valence-corrected chi connectivity index (χ2v) is 5.69. The summed E-state index contributed by atoms with van der Waals surface area (Å²) >= 11 is 3.36. The molecular formula is C14H19BrFNO. The Morgan fingerprint density at radius 1 is 1.50 bits per heavy atom. The molecule has 100 valence electrons. The van der Waals surface area contributed by atoms with Crippen LogP contribution in [0.1, 0.15) is 43.7 Å². The van der Waals surface area contributed by atoms with Crippen molar-refractivity contribution in [1.82, 2.24) is 0 Å². The van der Waals surface area contributed by atoms with Gasteiger partial charge >= 0.3 is 0 Å². The lowest BCUT2D eigenvalue weighted by molar-refractivity contribution is 0.101. The van der Waals surface area contributed by atoms with Gasteiger partial charge in [0, 0.05) is 17.1 Å². The van der Waals surface area contributed by atoms with Gasteiger partial charge in [-0.15, -0.1) is 0 Å². The summed E-state index contributed by atoms with van der Waals surface area (Å²) < 4.78 is 19.3. The van der Waals surface area contributed by atoms with E-state index in [0.29, 0.717) is 6.10 Å². The average molecular weight is 316 g/mol. The fourth-order valence-electron chi connectivity index (χ4n) is 2.40. The van der Waals surface area contributed by atoms with Crippen LogP contribution in [-0.2, 0) is 4.74 Å². The molecule has 4 heteroatoms. The molecule has 0 aromatic heterocycles. The maximum absolute atomic E-state index is 13.0. The SMILES string of the molecule is NC(CCCC1CCCO1)c1ccc(F)cc1Br. The molecule has 2 atom stereocenters. The summed E-state index contributed by atoms with van der Waals surface area (Å²) in [5, 5.41) is 0. The van der Waals surface area contributed by atoms with Gasteiger partial charge in [-0.25, -0.2) is 4.39 Å². The van der Waals surface area contributed by atoms with E-state index in [1.54, 1.807) is 6.07 Å². The van der Waals surface area contributed by atoms with E-state index in [-0.39, 0.29) is 11.9 Å². The monoisotopic (exact) mass is 315 g/mol. The van der Waals surface area contributed by atoms with Crippen molar-refractivity contribution in [3.63, 3.8) is 0 Å². The summed E-state index contributed by atoms with van der Waals surface area (Å²) in [4.78, 5) is 0. The molecule has 2 N–H and O–H groups in total. The summed E-state index contributed by atoms with van der Waals surface area (Å²) in [7, 11) is 0. The van der Waals surface area contributed by atoms with Crippen molar-refractivity contribution in [2.45, 2.75) is 44.2 Å². The second-order valence-electron chi connectivity index (χ2n) is 4.84. The summed E-state index contributed by atoms with van der Waals surface area (Å²) in [6.45, 7) is 0.903. The maximum atomic E-state index is 13.0. The molecule has 2 rings (SSSR count). The zero-order valence-corrected chi connectivity index (χ0v) is 12.0. The van der Waals surface area contributed by atoms with Crippen molar-refractivity contribution < 1.29 is 9.13 Å². The van der Waals surface area contributed by atoms with Gasteiger partial charge in [0.15, 0.2) is 0 Å². The molecule has 18 heavy (non-hydrogen) atoms. The predicted octanol–water partition coefficient (Wildman–Crippen LogP) is 3.94. The average Bonchev–Trinajstić information content (AvgIpc) is 2.81. The Kier molecular flexibility index (Phi) is 5.15. The number of halogens is 2. The Bertz CT molecular complexity index is 393. The van der Waals surface area contributed by atoms with Crippen LogP contribution >= 0.6 is 15.9 Å². The highest BCUT2D eigenvalue weighted by Gasteiger charge is 2.16. The van der Waals surface area contributed by atoms with E-state index in [9.17, 15) is 4.39 Å². The highest BCUT2D eigenvalue weighted by atomic mass is 79.9. The van der Waals surface area contributed by atoms with E-state index in [0.717, 1.165) is 35.9 Å². The Balaban J connectivity index is 1.81. The number of hydrogen-bond donors (Lipinski definition) is 1. The third kappa shape index (κ3) is 3.77. The topological polar surface area (TPSA) is 35.2 Å². The van der Waals surface area contributed by atoms with Crippen LogP contribution in [-0.4, -0.2) is 12.7 Å². The lowest BCUT2D eigenvalue weighted by atomic mass is 10.00. The van der Waals surface area contributed by atoms with E-state index >= 15 is 0 Å². The molecule has 2 unspecified atom stereocenters. The quantitative estimate of drug-likeness (QED) is 0.893. The number of ether oxygens (including phenoxy) is 1. The van der Waals surface area contributed by atoms with Crippen LogP contribution in [0.3, 0.4) is 0 Å². The zero-order valence-electron chi connectivity index (χ0n) is 10.4. The van der Waals surface area contributed by atoms with Gasteiger partial charge in [0.25, 0.3) is 0 Å². The van der Waals surface area contributed by atoms with Crippen LogP contribution in [0, 0.1) is 5.82 Å². The van der Waals surface area contributed by atoms with Crippen molar-refractivity contribution in [2.75, 3.05) is 6.61 Å². The molecular weight excluding hydrogens is 297 g/mol. The highest BCUT2D eigenvalue weighted by Crippen LogP contribution is 2.27. The molecule has 0 aliphatic carbocycles. The number of nitrogens with two attached hydrogens (primary N) is 1. The number of benzene rings is 1. The van der Waals surface area contributed by atoms with Crippen molar-refractivity contribution in [1.29, 1.82) is 0 Å². The van der Waals surface area contributed by atoms with E-state index in [2.05, 4.69) is 15.9 Å². The van der Waals surface area contributed by atoms with Gasteiger partial charge in [-0.3, -0.25) is 0 Å². The van der Waals surface area contributed by atoms with Crippen LogP contribution in [0.15, 0.2) is 22.7 Å². The molecule has 0 bridgehead atoms. The molecule has 2 nitrogen and oxygen atoms in total. The molecule has 1 aromatic carbocycles. The summed E-state index contributed by atoms with van der Waals surface area (Å²) in [5.74, 6) is -0.239. The van der Waals surface area contributed by atoms with Crippen molar-refractivity contribution in [2.24, 2.45) is 5.73 Å². The van der Waals surface area contributed by atoms with Crippen LogP contribution in [0.4, 0.5) is 4.39 Å². The third-order valence-corrected chi connectivity index (χ3v) is 4.11. The predicted molar refractivity (Wildman–Crippen MR) is 73.9 cm³/mol. The first-order valence-corrected chi connectivity index (χ1v) is 7.28. The Hall–Kier alpha value is -0.450.